The maximum absolute atomic E-state index is 13.2. The molecule has 2 aromatic carbocycles. The standard InChI is InChI=1S/C30H34N4O3/c1-19-7-6-8-25-26(19)24(18-34(25)29(36)37-30(3,4)5)21-9-11-23(12-10-21)28(35)33-15-13-22(14-16-33)27-31-17-20(2)32-27/h6-12,17-18,22H,13-16H2,1-5H3,(H,31,32). The molecule has 1 N–H and O–H groups in total. The Labute approximate surface area is 217 Å². The number of hydrogen-bond acceptors (Lipinski definition) is 4. The zero-order valence-corrected chi connectivity index (χ0v) is 22.2. The number of piperidine rings is 1. The first kappa shape index (κ1) is 24.8. The van der Waals surface area contributed by atoms with Crippen molar-refractivity contribution in [1.29, 1.82) is 0 Å². The molecule has 1 saturated heterocycles. The van der Waals surface area contributed by atoms with Crippen molar-refractivity contribution in [3.8, 4) is 11.1 Å². The molecule has 0 saturated carbocycles. The lowest BCUT2D eigenvalue weighted by Gasteiger charge is -2.31. The highest BCUT2D eigenvalue weighted by molar-refractivity contribution is 6.03. The molecule has 4 aromatic rings. The Bertz CT molecular complexity index is 1450. The predicted molar refractivity (Wildman–Crippen MR) is 145 cm³/mol. The van der Waals surface area contributed by atoms with Crippen molar-refractivity contribution >= 4 is 22.9 Å². The summed E-state index contributed by atoms with van der Waals surface area (Å²) in [6.07, 6.45) is 5.10. The van der Waals surface area contributed by atoms with Crippen LogP contribution in [0.3, 0.4) is 0 Å². The Balaban J connectivity index is 1.36. The zero-order chi connectivity index (χ0) is 26.3. The van der Waals surface area contributed by atoms with Gasteiger partial charge in [0.2, 0.25) is 0 Å². The van der Waals surface area contributed by atoms with Gasteiger partial charge in [-0.15, -0.1) is 0 Å². The van der Waals surface area contributed by atoms with E-state index in [4.69, 9.17) is 4.74 Å². The van der Waals surface area contributed by atoms with Crippen molar-refractivity contribution in [2.45, 2.75) is 59.0 Å². The molecule has 1 aliphatic rings. The van der Waals surface area contributed by atoms with Crippen LogP contribution in [-0.4, -0.2) is 50.1 Å². The topological polar surface area (TPSA) is 80.2 Å². The average molecular weight is 499 g/mol. The molecule has 1 aliphatic heterocycles. The highest BCUT2D eigenvalue weighted by Crippen LogP contribution is 2.34. The number of imidazole rings is 1. The number of rotatable bonds is 3. The number of H-pyrrole nitrogens is 1. The fourth-order valence-corrected chi connectivity index (χ4v) is 5.12. The van der Waals surface area contributed by atoms with Gasteiger partial charge in [0.15, 0.2) is 0 Å². The molecule has 0 atom stereocenters. The Hall–Kier alpha value is -3.87. The number of aromatic nitrogens is 3. The van der Waals surface area contributed by atoms with Crippen molar-refractivity contribution in [2.75, 3.05) is 13.1 Å². The molecule has 192 valence electrons. The lowest BCUT2D eigenvalue weighted by molar-refractivity contribution is 0.0544. The van der Waals surface area contributed by atoms with Crippen LogP contribution in [0.4, 0.5) is 4.79 Å². The molecular weight excluding hydrogens is 464 g/mol. The van der Waals surface area contributed by atoms with Crippen molar-refractivity contribution in [1.82, 2.24) is 19.4 Å². The summed E-state index contributed by atoms with van der Waals surface area (Å²) in [7, 11) is 0. The maximum atomic E-state index is 13.2. The monoisotopic (exact) mass is 498 g/mol. The molecule has 5 rings (SSSR count). The van der Waals surface area contributed by atoms with Crippen molar-refractivity contribution in [3.63, 3.8) is 0 Å². The first-order chi connectivity index (χ1) is 17.6. The number of benzene rings is 2. The lowest BCUT2D eigenvalue weighted by atomic mass is 9.95. The molecule has 0 radical (unpaired) electrons. The van der Waals surface area contributed by atoms with Gasteiger partial charge in [0.1, 0.15) is 11.4 Å². The van der Waals surface area contributed by atoms with E-state index in [9.17, 15) is 9.59 Å². The van der Waals surface area contributed by atoms with E-state index in [1.165, 1.54) is 0 Å². The molecule has 0 unspecified atom stereocenters. The van der Waals surface area contributed by atoms with E-state index in [1.54, 1.807) is 4.57 Å². The van der Waals surface area contributed by atoms with Crippen LogP contribution >= 0.6 is 0 Å². The van der Waals surface area contributed by atoms with Gasteiger partial charge < -0.3 is 14.6 Å². The summed E-state index contributed by atoms with van der Waals surface area (Å²) in [5, 5.41) is 1.00. The third-order valence-electron chi connectivity index (χ3n) is 6.96. The number of nitrogens with one attached hydrogen (secondary N) is 1. The van der Waals surface area contributed by atoms with Gasteiger partial charge in [-0.1, -0.05) is 24.3 Å². The number of carbonyl (C=O) groups is 2. The van der Waals surface area contributed by atoms with Crippen LogP contribution in [0.15, 0.2) is 54.9 Å². The first-order valence-corrected chi connectivity index (χ1v) is 12.9. The minimum absolute atomic E-state index is 0.0491. The van der Waals surface area contributed by atoms with Gasteiger partial charge in [-0.05, 0) is 76.8 Å². The molecule has 1 amide bonds. The Morgan fingerprint density at radius 1 is 1.03 bits per heavy atom. The molecular formula is C30H34N4O3. The Morgan fingerprint density at radius 2 is 1.73 bits per heavy atom. The number of amides is 1. The first-order valence-electron chi connectivity index (χ1n) is 12.9. The highest BCUT2D eigenvalue weighted by Gasteiger charge is 2.26. The van der Waals surface area contributed by atoms with Crippen LogP contribution in [0, 0.1) is 13.8 Å². The van der Waals surface area contributed by atoms with Crippen molar-refractivity contribution < 1.29 is 14.3 Å². The largest absolute Gasteiger partial charge is 0.443 e. The zero-order valence-electron chi connectivity index (χ0n) is 22.2. The molecule has 7 heteroatoms. The van der Waals surface area contributed by atoms with Crippen LogP contribution in [0.25, 0.3) is 22.0 Å². The second-order valence-corrected chi connectivity index (χ2v) is 11.0. The summed E-state index contributed by atoms with van der Waals surface area (Å²) in [6, 6.07) is 13.6. The molecule has 2 aromatic heterocycles. The summed E-state index contributed by atoms with van der Waals surface area (Å²) in [5.74, 6) is 1.44. The van der Waals surface area contributed by atoms with Crippen LogP contribution < -0.4 is 0 Å². The number of likely N-dealkylation sites (tertiary alicyclic amines) is 1. The maximum Gasteiger partial charge on any atom is 0.419 e. The van der Waals surface area contributed by atoms with E-state index in [2.05, 4.69) is 9.97 Å². The van der Waals surface area contributed by atoms with Gasteiger partial charge in [0, 0.05) is 53.6 Å². The van der Waals surface area contributed by atoms with Gasteiger partial charge in [0.05, 0.1) is 5.52 Å². The van der Waals surface area contributed by atoms with Crippen molar-refractivity contribution in [3.05, 3.63) is 77.5 Å². The minimum atomic E-state index is -0.592. The number of nitrogens with zero attached hydrogens (tertiary/aromatic N) is 3. The van der Waals surface area contributed by atoms with Gasteiger partial charge in [-0.25, -0.2) is 9.78 Å². The van der Waals surface area contributed by atoms with E-state index in [0.717, 1.165) is 52.0 Å². The average Bonchev–Trinajstić information content (AvgIpc) is 3.48. The van der Waals surface area contributed by atoms with E-state index >= 15 is 0 Å². The Morgan fingerprint density at radius 3 is 2.35 bits per heavy atom. The normalized spacial score (nSPS) is 14.8. The van der Waals surface area contributed by atoms with Gasteiger partial charge in [-0.3, -0.25) is 9.36 Å². The molecule has 1 fully saturated rings. The van der Waals surface area contributed by atoms with E-state index in [0.29, 0.717) is 24.6 Å². The second kappa shape index (κ2) is 9.54. The van der Waals surface area contributed by atoms with Crippen molar-refractivity contribution in [2.24, 2.45) is 0 Å². The van der Waals surface area contributed by atoms with Gasteiger partial charge in [0.25, 0.3) is 5.91 Å². The number of carbonyl (C=O) groups excluding carboxylic acids is 2. The van der Waals surface area contributed by atoms with Crippen LogP contribution in [0.5, 0.6) is 0 Å². The number of hydrogen-bond donors (Lipinski definition) is 1. The third kappa shape index (κ3) is 5.03. The van der Waals surface area contributed by atoms with E-state index in [1.807, 2.05) is 94.4 Å². The van der Waals surface area contributed by atoms with Crippen LogP contribution in [0.1, 0.15) is 67.0 Å². The second-order valence-electron chi connectivity index (χ2n) is 11.0. The lowest BCUT2D eigenvalue weighted by Crippen LogP contribution is -2.38. The molecule has 0 spiro atoms. The van der Waals surface area contributed by atoms with Gasteiger partial charge >= 0.3 is 6.09 Å². The molecule has 7 nitrogen and oxygen atoms in total. The molecule has 0 bridgehead atoms. The quantitative estimate of drug-likeness (QED) is 0.352. The predicted octanol–water partition coefficient (Wildman–Crippen LogP) is 6.45. The third-order valence-corrected chi connectivity index (χ3v) is 6.96. The fraction of sp³-hybridized carbons (Fsp3) is 0.367. The number of fused-ring (bicyclic) bond motifs is 1. The smallest absolute Gasteiger partial charge is 0.419 e. The summed E-state index contributed by atoms with van der Waals surface area (Å²) in [4.78, 5) is 35.9. The number of aromatic amines is 1. The summed E-state index contributed by atoms with van der Waals surface area (Å²) in [6.45, 7) is 11.1. The van der Waals surface area contributed by atoms with E-state index in [-0.39, 0.29) is 5.91 Å². The highest BCUT2D eigenvalue weighted by atomic mass is 16.6. The summed E-state index contributed by atoms with van der Waals surface area (Å²) >= 11 is 0. The molecule has 3 heterocycles. The SMILES string of the molecule is Cc1cnc(C2CCN(C(=O)c3ccc(-c4cn(C(=O)OC(C)(C)C)c5cccc(C)c45)cc3)CC2)[nH]1. The van der Waals surface area contributed by atoms with E-state index < -0.39 is 11.7 Å². The van der Waals surface area contributed by atoms with Crippen LogP contribution in [0.2, 0.25) is 0 Å². The van der Waals surface area contributed by atoms with Crippen LogP contribution in [-0.2, 0) is 4.74 Å². The number of aryl methyl sites for hydroxylation is 2. The summed E-state index contributed by atoms with van der Waals surface area (Å²) in [5.41, 5.74) is 4.91. The minimum Gasteiger partial charge on any atom is -0.443 e. The van der Waals surface area contributed by atoms with Gasteiger partial charge in [-0.2, -0.15) is 0 Å². The molecule has 0 aliphatic carbocycles. The summed E-state index contributed by atoms with van der Waals surface area (Å²) < 4.78 is 7.22. The number of ether oxygens (including phenoxy) is 1. The fourth-order valence-electron chi connectivity index (χ4n) is 5.12. The molecule has 37 heavy (non-hydrogen) atoms. The Kier molecular flexibility index (Phi) is 6.40.